The van der Waals surface area contributed by atoms with Gasteiger partial charge in [0.05, 0.1) is 5.69 Å². The van der Waals surface area contributed by atoms with Gasteiger partial charge in [-0.1, -0.05) is 19.8 Å². The molecule has 2 amide bonds. The number of hydrogen-bond donors (Lipinski definition) is 3. The van der Waals surface area contributed by atoms with Crippen molar-refractivity contribution < 1.29 is 9.59 Å². The SMILES string of the molecule is CCCNNC(=O)CCCCCCNC(=O)C1=Nc2ccncc2C1. The van der Waals surface area contributed by atoms with Crippen molar-refractivity contribution in [2.75, 3.05) is 13.1 Å². The zero-order chi connectivity index (χ0) is 17.9. The minimum absolute atomic E-state index is 0.0371. The van der Waals surface area contributed by atoms with Crippen molar-refractivity contribution in [1.29, 1.82) is 0 Å². The van der Waals surface area contributed by atoms with Gasteiger partial charge in [0.25, 0.3) is 5.91 Å². The Morgan fingerprint density at radius 1 is 1.16 bits per heavy atom. The van der Waals surface area contributed by atoms with E-state index in [2.05, 4.69) is 26.1 Å². The van der Waals surface area contributed by atoms with Crippen LogP contribution in [0.3, 0.4) is 0 Å². The highest BCUT2D eigenvalue weighted by Crippen LogP contribution is 2.24. The number of nitrogens with one attached hydrogen (secondary N) is 3. The van der Waals surface area contributed by atoms with Gasteiger partial charge in [-0.05, 0) is 25.3 Å². The maximum Gasteiger partial charge on any atom is 0.266 e. The Morgan fingerprint density at radius 3 is 2.80 bits per heavy atom. The van der Waals surface area contributed by atoms with Crippen molar-refractivity contribution in [3.05, 3.63) is 24.0 Å². The van der Waals surface area contributed by atoms with Gasteiger partial charge in [0.15, 0.2) is 0 Å². The first-order valence-corrected chi connectivity index (χ1v) is 9.01. The standard InChI is InChI=1S/C18H27N5O2/c1-2-9-21-23-17(24)7-5-3-4-6-10-20-18(25)16-12-14-13-19-11-8-15(14)22-16/h8,11,13,21H,2-7,9-10,12H2,1H3,(H,20,25)(H,23,24). The summed E-state index contributed by atoms with van der Waals surface area (Å²) in [6.07, 6.45) is 9.26. The molecule has 2 heterocycles. The molecule has 3 N–H and O–H groups in total. The number of amides is 2. The van der Waals surface area contributed by atoms with Crippen molar-refractivity contribution in [2.45, 2.75) is 51.9 Å². The third-order valence-electron chi connectivity index (χ3n) is 3.97. The third-order valence-corrected chi connectivity index (χ3v) is 3.97. The van der Waals surface area contributed by atoms with Crippen LogP contribution in [0.15, 0.2) is 23.5 Å². The van der Waals surface area contributed by atoms with E-state index in [0.717, 1.165) is 49.9 Å². The molecule has 2 rings (SSSR count). The Morgan fingerprint density at radius 2 is 2.00 bits per heavy atom. The number of carbonyl (C=O) groups excluding carboxylic acids is 2. The lowest BCUT2D eigenvalue weighted by Gasteiger charge is -2.06. The van der Waals surface area contributed by atoms with E-state index in [0.29, 0.717) is 25.1 Å². The molecule has 0 fully saturated rings. The molecule has 7 nitrogen and oxygen atoms in total. The van der Waals surface area contributed by atoms with E-state index in [1.54, 1.807) is 12.4 Å². The number of carbonyl (C=O) groups is 2. The van der Waals surface area contributed by atoms with Crippen molar-refractivity contribution in [3.8, 4) is 0 Å². The first kappa shape index (κ1) is 19.1. The van der Waals surface area contributed by atoms with E-state index in [9.17, 15) is 9.59 Å². The number of fused-ring (bicyclic) bond motifs is 1. The van der Waals surface area contributed by atoms with E-state index in [1.807, 2.05) is 13.0 Å². The van der Waals surface area contributed by atoms with Crippen LogP contribution < -0.4 is 16.2 Å². The van der Waals surface area contributed by atoms with Crippen molar-refractivity contribution in [2.24, 2.45) is 4.99 Å². The number of aromatic nitrogens is 1. The fourth-order valence-electron chi connectivity index (χ4n) is 2.58. The van der Waals surface area contributed by atoms with Crippen LogP contribution in [0, 0.1) is 0 Å². The predicted molar refractivity (Wildman–Crippen MR) is 97.6 cm³/mol. The second kappa shape index (κ2) is 10.6. The van der Waals surface area contributed by atoms with Gasteiger partial charge in [-0.15, -0.1) is 0 Å². The van der Waals surface area contributed by atoms with Gasteiger partial charge in [-0.25, -0.2) is 10.4 Å². The minimum atomic E-state index is -0.0995. The lowest BCUT2D eigenvalue weighted by Crippen LogP contribution is -2.37. The minimum Gasteiger partial charge on any atom is -0.351 e. The van der Waals surface area contributed by atoms with Crippen LogP contribution >= 0.6 is 0 Å². The molecule has 0 spiro atoms. The lowest BCUT2D eigenvalue weighted by molar-refractivity contribution is -0.122. The van der Waals surface area contributed by atoms with Crippen LogP contribution in [0.4, 0.5) is 5.69 Å². The first-order chi connectivity index (χ1) is 12.2. The highest BCUT2D eigenvalue weighted by atomic mass is 16.2. The molecule has 7 heteroatoms. The van der Waals surface area contributed by atoms with Crippen molar-refractivity contribution in [3.63, 3.8) is 0 Å². The van der Waals surface area contributed by atoms with Crippen molar-refractivity contribution >= 4 is 23.2 Å². The third kappa shape index (κ3) is 6.62. The maximum atomic E-state index is 12.1. The Balaban J connectivity index is 1.50. The summed E-state index contributed by atoms with van der Waals surface area (Å²) in [5.41, 5.74) is 7.95. The summed E-state index contributed by atoms with van der Waals surface area (Å²) in [6, 6.07) is 1.82. The Hall–Kier alpha value is -2.28. The molecule has 0 radical (unpaired) electrons. The van der Waals surface area contributed by atoms with Crippen LogP contribution in [0.5, 0.6) is 0 Å². The second-order valence-corrected chi connectivity index (χ2v) is 6.13. The molecule has 1 aromatic rings. The molecule has 0 unspecified atom stereocenters. The lowest BCUT2D eigenvalue weighted by atomic mass is 10.1. The van der Waals surface area contributed by atoms with Gasteiger partial charge in [-0.3, -0.25) is 20.0 Å². The molecule has 0 aliphatic carbocycles. The molecular formula is C18H27N5O2. The Kier molecular flexibility index (Phi) is 8.04. The summed E-state index contributed by atoms with van der Waals surface area (Å²) < 4.78 is 0. The molecule has 0 aromatic carbocycles. The van der Waals surface area contributed by atoms with Crippen LogP contribution in [0.25, 0.3) is 0 Å². The normalized spacial score (nSPS) is 12.4. The number of aliphatic imine (C=N–C) groups is 1. The molecule has 136 valence electrons. The average molecular weight is 345 g/mol. The zero-order valence-corrected chi connectivity index (χ0v) is 14.8. The number of unbranched alkanes of at least 4 members (excludes halogenated alkanes) is 3. The summed E-state index contributed by atoms with van der Waals surface area (Å²) in [5, 5.41) is 2.91. The number of hydrogen-bond acceptors (Lipinski definition) is 5. The molecule has 1 aromatic heterocycles. The molecule has 0 saturated carbocycles. The molecule has 25 heavy (non-hydrogen) atoms. The maximum absolute atomic E-state index is 12.1. The number of pyridine rings is 1. The summed E-state index contributed by atoms with van der Waals surface area (Å²) in [6.45, 7) is 3.47. The first-order valence-electron chi connectivity index (χ1n) is 9.01. The summed E-state index contributed by atoms with van der Waals surface area (Å²) in [7, 11) is 0. The topological polar surface area (TPSA) is 95.5 Å². The number of rotatable bonds is 11. The van der Waals surface area contributed by atoms with Crippen LogP contribution in [-0.2, 0) is 16.0 Å². The fraction of sp³-hybridized carbons (Fsp3) is 0.556. The largest absolute Gasteiger partial charge is 0.351 e. The fourth-order valence-corrected chi connectivity index (χ4v) is 2.58. The predicted octanol–water partition coefficient (Wildman–Crippen LogP) is 1.81. The van der Waals surface area contributed by atoms with E-state index in [-0.39, 0.29) is 11.8 Å². The van der Waals surface area contributed by atoms with Gasteiger partial charge in [-0.2, -0.15) is 0 Å². The molecule has 0 saturated heterocycles. The summed E-state index contributed by atoms with van der Waals surface area (Å²) in [4.78, 5) is 32.0. The molecule has 1 aliphatic heterocycles. The second-order valence-electron chi connectivity index (χ2n) is 6.13. The van der Waals surface area contributed by atoms with E-state index >= 15 is 0 Å². The van der Waals surface area contributed by atoms with E-state index in [4.69, 9.17) is 0 Å². The quantitative estimate of drug-likeness (QED) is 0.421. The molecular weight excluding hydrogens is 318 g/mol. The molecule has 0 atom stereocenters. The molecule has 1 aliphatic rings. The van der Waals surface area contributed by atoms with Gasteiger partial charge in [0.2, 0.25) is 5.91 Å². The van der Waals surface area contributed by atoms with Gasteiger partial charge >= 0.3 is 0 Å². The smallest absolute Gasteiger partial charge is 0.266 e. The number of nitrogens with zero attached hydrogens (tertiary/aromatic N) is 2. The van der Waals surface area contributed by atoms with Crippen LogP contribution in [0.2, 0.25) is 0 Å². The zero-order valence-electron chi connectivity index (χ0n) is 14.8. The van der Waals surface area contributed by atoms with Crippen LogP contribution in [0.1, 0.15) is 51.0 Å². The summed E-state index contributed by atoms with van der Waals surface area (Å²) in [5.74, 6) is -0.0624. The Labute approximate surface area is 148 Å². The average Bonchev–Trinajstić information content (AvgIpc) is 3.05. The van der Waals surface area contributed by atoms with E-state index in [1.165, 1.54) is 0 Å². The van der Waals surface area contributed by atoms with E-state index < -0.39 is 0 Å². The van der Waals surface area contributed by atoms with Gasteiger partial charge in [0, 0.05) is 43.9 Å². The monoisotopic (exact) mass is 345 g/mol. The summed E-state index contributed by atoms with van der Waals surface area (Å²) >= 11 is 0. The highest BCUT2D eigenvalue weighted by molar-refractivity contribution is 6.40. The molecule has 0 bridgehead atoms. The van der Waals surface area contributed by atoms with Gasteiger partial charge in [0.1, 0.15) is 5.71 Å². The van der Waals surface area contributed by atoms with Crippen LogP contribution in [-0.4, -0.2) is 35.6 Å². The highest BCUT2D eigenvalue weighted by Gasteiger charge is 2.19. The van der Waals surface area contributed by atoms with Crippen molar-refractivity contribution in [1.82, 2.24) is 21.2 Å². The Bertz CT molecular complexity index is 615. The number of hydrazine groups is 1. The van der Waals surface area contributed by atoms with Gasteiger partial charge < -0.3 is 5.32 Å².